The largest absolute Gasteiger partial charge is 0.490 e. The lowest BCUT2D eigenvalue weighted by Gasteiger charge is -2.42. The molecule has 182 valence electrons. The van der Waals surface area contributed by atoms with Gasteiger partial charge in [0.25, 0.3) is 5.91 Å². The first-order valence-electron chi connectivity index (χ1n) is 11.7. The predicted molar refractivity (Wildman–Crippen MR) is 125 cm³/mol. The van der Waals surface area contributed by atoms with Crippen LogP contribution in [0.25, 0.3) is 0 Å². The van der Waals surface area contributed by atoms with E-state index < -0.39 is 0 Å². The lowest BCUT2D eigenvalue weighted by molar-refractivity contribution is -0.134. The molecule has 9 heteroatoms. The predicted octanol–water partition coefficient (Wildman–Crippen LogP) is 1.87. The molecule has 0 aliphatic carbocycles. The summed E-state index contributed by atoms with van der Waals surface area (Å²) in [5.41, 5.74) is 0.990. The van der Waals surface area contributed by atoms with Crippen LogP contribution in [0, 0.1) is 0 Å². The number of ether oxygens (including phenoxy) is 2. The molecular formula is C24H36N4O5. The number of amides is 3. The molecule has 1 fully saturated rings. The third-order valence-corrected chi connectivity index (χ3v) is 6.13. The maximum Gasteiger partial charge on any atom is 0.257 e. The highest BCUT2D eigenvalue weighted by Gasteiger charge is 2.39. The van der Waals surface area contributed by atoms with Gasteiger partial charge in [-0.3, -0.25) is 14.4 Å². The number of anilines is 1. The first-order valence-corrected chi connectivity index (χ1v) is 11.7. The average molecular weight is 461 g/mol. The van der Waals surface area contributed by atoms with E-state index in [1.807, 2.05) is 14.1 Å². The van der Waals surface area contributed by atoms with E-state index in [0.29, 0.717) is 42.8 Å². The van der Waals surface area contributed by atoms with Crippen LogP contribution < -0.4 is 15.4 Å². The van der Waals surface area contributed by atoms with Crippen LogP contribution in [0.2, 0.25) is 0 Å². The molecule has 0 unspecified atom stereocenters. The molecular weight excluding hydrogens is 424 g/mol. The minimum Gasteiger partial charge on any atom is -0.490 e. The van der Waals surface area contributed by atoms with E-state index in [9.17, 15) is 14.4 Å². The molecule has 2 N–H and O–H groups in total. The molecule has 2 aliphatic heterocycles. The Morgan fingerprint density at radius 2 is 2.00 bits per heavy atom. The standard InChI is InChI=1S/C24H36N4O5/c1-5-22(29)26-16-7-10-20-18(13-16)24(31)28(4)19-9-8-17(33-21(19)15-32-20)14-23(30)25-11-6-12-27(2)3/h7,10,13,17,19,21H,5-6,8-9,11-12,14-15H2,1-4H3,(H,25,30)(H,26,29)/t17-,19-,21-/m1/s1. The average Bonchev–Trinajstić information content (AvgIpc) is 2.79. The normalized spacial score (nSPS) is 22.5. The van der Waals surface area contributed by atoms with Gasteiger partial charge in [-0.15, -0.1) is 0 Å². The monoisotopic (exact) mass is 460 g/mol. The number of nitrogens with one attached hydrogen (secondary N) is 2. The van der Waals surface area contributed by atoms with E-state index in [2.05, 4.69) is 15.5 Å². The summed E-state index contributed by atoms with van der Waals surface area (Å²) in [6.07, 6.45) is 2.49. The second-order valence-electron chi connectivity index (χ2n) is 8.99. The fourth-order valence-electron chi connectivity index (χ4n) is 4.26. The van der Waals surface area contributed by atoms with E-state index in [1.54, 1.807) is 37.1 Å². The highest BCUT2D eigenvalue weighted by molar-refractivity contribution is 5.99. The van der Waals surface area contributed by atoms with Crippen molar-refractivity contribution in [3.8, 4) is 5.75 Å². The fraction of sp³-hybridized carbons (Fsp3) is 0.625. The van der Waals surface area contributed by atoms with Gasteiger partial charge in [0.1, 0.15) is 18.5 Å². The maximum atomic E-state index is 13.2. The molecule has 0 bridgehead atoms. The molecule has 2 aliphatic rings. The van der Waals surface area contributed by atoms with Gasteiger partial charge in [0.15, 0.2) is 0 Å². The van der Waals surface area contributed by atoms with Crippen molar-refractivity contribution in [2.24, 2.45) is 0 Å². The van der Waals surface area contributed by atoms with Crippen molar-refractivity contribution in [2.75, 3.05) is 46.2 Å². The highest BCUT2D eigenvalue weighted by Crippen LogP contribution is 2.32. The van der Waals surface area contributed by atoms with Gasteiger partial charge in [0.2, 0.25) is 11.8 Å². The number of fused-ring (bicyclic) bond motifs is 2. The molecule has 1 aromatic rings. The van der Waals surface area contributed by atoms with Crippen LogP contribution in [0.5, 0.6) is 5.75 Å². The molecule has 33 heavy (non-hydrogen) atoms. The molecule has 2 heterocycles. The third kappa shape index (κ3) is 6.68. The molecule has 0 saturated carbocycles. The Kier molecular flexibility index (Phi) is 8.68. The van der Waals surface area contributed by atoms with Gasteiger partial charge >= 0.3 is 0 Å². The summed E-state index contributed by atoms with van der Waals surface area (Å²) in [7, 11) is 5.79. The van der Waals surface area contributed by atoms with Gasteiger partial charge < -0.3 is 29.9 Å². The summed E-state index contributed by atoms with van der Waals surface area (Å²) in [5.74, 6) is 0.161. The number of carbonyl (C=O) groups is 3. The highest BCUT2D eigenvalue weighted by atomic mass is 16.5. The first-order chi connectivity index (χ1) is 15.8. The summed E-state index contributed by atoms with van der Waals surface area (Å²) in [5, 5.41) is 5.75. The van der Waals surface area contributed by atoms with Gasteiger partial charge in [0, 0.05) is 25.7 Å². The summed E-state index contributed by atoms with van der Waals surface area (Å²) in [6.45, 7) is 3.64. The molecule has 1 aromatic carbocycles. The third-order valence-electron chi connectivity index (χ3n) is 6.13. The van der Waals surface area contributed by atoms with Crippen LogP contribution in [-0.2, 0) is 14.3 Å². The van der Waals surface area contributed by atoms with Gasteiger partial charge in [-0.25, -0.2) is 0 Å². The molecule has 0 spiro atoms. The van der Waals surface area contributed by atoms with Crippen molar-refractivity contribution in [3.05, 3.63) is 23.8 Å². The Labute approximate surface area is 195 Å². The van der Waals surface area contributed by atoms with E-state index >= 15 is 0 Å². The number of carbonyl (C=O) groups excluding carboxylic acids is 3. The van der Waals surface area contributed by atoms with Gasteiger partial charge in [-0.05, 0) is 58.1 Å². The molecule has 0 radical (unpaired) electrons. The second kappa shape index (κ2) is 11.5. The summed E-state index contributed by atoms with van der Waals surface area (Å²) < 4.78 is 12.2. The number of nitrogens with zero attached hydrogens (tertiary/aromatic N) is 2. The number of likely N-dealkylation sites (N-methyl/N-ethyl adjacent to an activating group) is 1. The molecule has 3 amide bonds. The zero-order chi connectivity index (χ0) is 24.0. The van der Waals surface area contributed by atoms with Gasteiger partial charge in [0.05, 0.1) is 24.1 Å². The number of benzene rings is 1. The number of rotatable bonds is 8. The summed E-state index contributed by atoms with van der Waals surface area (Å²) >= 11 is 0. The fourth-order valence-corrected chi connectivity index (χ4v) is 4.26. The number of hydrogen-bond acceptors (Lipinski definition) is 6. The minimum absolute atomic E-state index is 0.0135. The molecule has 0 aromatic heterocycles. The Morgan fingerprint density at radius 1 is 1.21 bits per heavy atom. The first kappa shape index (κ1) is 25.0. The summed E-state index contributed by atoms with van der Waals surface area (Å²) in [4.78, 5) is 41.1. The van der Waals surface area contributed by atoms with Crippen molar-refractivity contribution >= 4 is 23.4 Å². The van der Waals surface area contributed by atoms with Crippen molar-refractivity contribution in [2.45, 2.75) is 57.3 Å². The topological polar surface area (TPSA) is 100 Å². The van der Waals surface area contributed by atoms with Crippen molar-refractivity contribution < 1.29 is 23.9 Å². The van der Waals surface area contributed by atoms with Crippen LogP contribution >= 0.6 is 0 Å². The SMILES string of the molecule is CCC(=O)Nc1ccc2c(c1)C(=O)N(C)[C@@H]1CC[C@H](CC(=O)NCCCN(C)C)O[C@@H]1CO2. The Balaban J connectivity index is 1.62. The number of hydrogen-bond donors (Lipinski definition) is 2. The van der Waals surface area contributed by atoms with Crippen LogP contribution in [0.1, 0.15) is 49.4 Å². The van der Waals surface area contributed by atoms with E-state index in [0.717, 1.165) is 19.4 Å². The van der Waals surface area contributed by atoms with E-state index in [1.165, 1.54) is 0 Å². The lowest BCUT2D eigenvalue weighted by atomic mass is 9.94. The Bertz CT molecular complexity index is 859. The molecule has 3 atom stereocenters. The van der Waals surface area contributed by atoms with Crippen LogP contribution in [-0.4, -0.2) is 86.6 Å². The van der Waals surface area contributed by atoms with Gasteiger partial charge in [-0.1, -0.05) is 6.92 Å². The van der Waals surface area contributed by atoms with E-state index in [-0.39, 0.29) is 42.6 Å². The van der Waals surface area contributed by atoms with Crippen molar-refractivity contribution in [1.82, 2.24) is 15.1 Å². The Morgan fingerprint density at radius 3 is 2.73 bits per heavy atom. The van der Waals surface area contributed by atoms with Crippen LogP contribution in [0.4, 0.5) is 5.69 Å². The zero-order valence-corrected chi connectivity index (χ0v) is 20.1. The van der Waals surface area contributed by atoms with Crippen LogP contribution in [0.15, 0.2) is 18.2 Å². The molecule has 3 rings (SSSR count). The van der Waals surface area contributed by atoms with E-state index in [4.69, 9.17) is 9.47 Å². The maximum absolute atomic E-state index is 13.2. The van der Waals surface area contributed by atoms with Crippen molar-refractivity contribution in [3.63, 3.8) is 0 Å². The van der Waals surface area contributed by atoms with Crippen molar-refractivity contribution in [1.29, 1.82) is 0 Å². The quantitative estimate of drug-likeness (QED) is 0.575. The molecule has 9 nitrogen and oxygen atoms in total. The summed E-state index contributed by atoms with van der Waals surface area (Å²) in [6, 6.07) is 4.95. The minimum atomic E-state index is -0.313. The van der Waals surface area contributed by atoms with Gasteiger partial charge in [-0.2, -0.15) is 0 Å². The zero-order valence-electron chi connectivity index (χ0n) is 20.1. The molecule has 1 saturated heterocycles. The lowest BCUT2D eigenvalue weighted by Crippen LogP contribution is -2.54. The van der Waals surface area contributed by atoms with Crippen LogP contribution in [0.3, 0.4) is 0 Å². The Hall–Kier alpha value is -2.65. The smallest absolute Gasteiger partial charge is 0.257 e. The second-order valence-corrected chi connectivity index (χ2v) is 8.99.